The van der Waals surface area contributed by atoms with Crippen LogP contribution in [0.1, 0.15) is 28.3 Å². The summed E-state index contributed by atoms with van der Waals surface area (Å²) in [6.07, 6.45) is 0.944. The summed E-state index contributed by atoms with van der Waals surface area (Å²) in [5.41, 5.74) is 2.92. The van der Waals surface area contributed by atoms with E-state index in [9.17, 15) is 4.79 Å². The molecule has 2 unspecified atom stereocenters. The van der Waals surface area contributed by atoms with E-state index in [-0.39, 0.29) is 11.7 Å². The highest BCUT2D eigenvalue weighted by molar-refractivity contribution is 6.04. The van der Waals surface area contributed by atoms with Crippen molar-refractivity contribution < 1.29 is 9.53 Å². The van der Waals surface area contributed by atoms with Gasteiger partial charge in [-0.05, 0) is 30.0 Å². The van der Waals surface area contributed by atoms with Crippen LogP contribution in [0.2, 0.25) is 0 Å². The molecule has 2 atom stereocenters. The van der Waals surface area contributed by atoms with Crippen LogP contribution in [0.3, 0.4) is 0 Å². The first-order valence-corrected chi connectivity index (χ1v) is 7.43. The highest BCUT2D eigenvalue weighted by Gasteiger charge is 2.44. The lowest BCUT2D eigenvalue weighted by Crippen LogP contribution is -2.20. The van der Waals surface area contributed by atoms with Crippen LogP contribution in [-0.2, 0) is 0 Å². The summed E-state index contributed by atoms with van der Waals surface area (Å²) in [4.78, 5) is 12.8. The molecule has 1 heterocycles. The fourth-order valence-electron chi connectivity index (χ4n) is 3.12. The lowest BCUT2D eigenvalue weighted by Gasteiger charge is -2.21. The van der Waals surface area contributed by atoms with E-state index in [0.29, 0.717) is 12.5 Å². The SMILES string of the molecule is O=C(c1cccc2c1OCCN2)C1CC1c1ccccc1. The molecule has 0 radical (unpaired) electrons. The molecule has 2 aromatic carbocycles. The van der Waals surface area contributed by atoms with E-state index in [4.69, 9.17) is 4.74 Å². The van der Waals surface area contributed by atoms with Crippen LogP contribution >= 0.6 is 0 Å². The van der Waals surface area contributed by atoms with E-state index in [1.807, 2.05) is 36.4 Å². The summed E-state index contributed by atoms with van der Waals surface area (Å²) in [6, 6.07) is 16.1. The molecule has 0 aromatic heterocycles. The summed E-state index contributed by atoms with van der Waals surface area (Å²) in [7, 11) is 0. The Balaban J connectivity index is 1.60. The van der Waals surface area contributed by atoms with Gasteiger partial charge in [0, 0.05) is 12.5 Å². The molecule has 1 aliphatic carbocycles. The quantitative estimate of drug-likeness (QED) is 0.874. The van der Waals surface area contributed by atoms with E-state index in [1.165, 1.54) is 5.56 Å². The molecule has 21 heavy (non-hydrogen) atoms. The summed E-state index contributed by atoms with van der Waals surface area (Å²) < 4.78 is 5.71. The zero-order chi connectivity index (χ0) is 14.2. The average molecular weight is 279 g/mol. The lowest BCUT2D eigenvalue weighted by molar-refractivity contribution is 0.0961. The predicted molar refractivity (Wildman–Crippen MR) is 82.0 cm³/mol. The Morgan fingerprint density at radius 3 is 2.81 bits per heavy atom. The minimum Gasteiger partial charge on any atom is -0.489 e. The molecule has 1 N–H and O–H groups in total. The Morgan fingerprint density at radius 2 is 1.95 bits per heavy atom. The Bertz CT molecular complexity index is 681. The third-order valence-electron chi connectivity index (χ3n) is 4.30. The number of carbonyl (C=O) groups is 1. The monoisotopic (exact) mass is 279 g/mol. The molecular formula is C18H17NO2. The molecule has 2 aromatic rings. The van der Waals surface area contributed by atoms with Crippen molar-refractivity contribution in [3.05, 3.63) is 59.7 Å². The van der Waals surface area contributed by atoms with Crippen LogP contribution in [0.5, 0.6) is 5.75 Å². The fraction of sp³-hybridized carbons (Fsp3) is 0.278. The summed E-state index contributed by atoms with van der Waals surface area (Å²) in [6.45, 7) is 1.41. The van der Waals surface area contributed by atoms with E-state index in [0.717, 1.165) is 30.0 Å². The number of benzene rings is 2. The van der Waals surface area contributed by atoms with Crippen molar-refractivity contribution in [3.8, 4) is 5.75 Å². The molecule has 1 fully saturated rings. The van der Waals surface area contributed by atoms with Gasteiger partial charge in [0.05, 0.1) is 11.3 Å². The normalized spacial score (nSPS) is 22.7. The van der Waals surface area contributed by atoms with Crippen molar-refractivity contribution in [3.63, 3.8) is 0 Å². The first-order valence-electron chi connectivity index (χ1n) is 7.43. The zero-order valence-corrected chi connectivity index (χ0v) is 11.7. The maximum Gasteiger partial charge on any atom is 0.170 e. The number of hydrogen-bond acceptors (Lipinski definition) is 3. The number of nitrogens with one attached hydrogen (secondary N) is 1. The molecule has 0 saturated heterocycles. The van der Waals surface area contributed by atoms with Gasteiger partial charge in [-0.3, -0.25) is 4.79 Å². The maximum absolute atomic E-state index is 12.8. The third-order valence-corrected chi connectivity index (χ3v) is 4.30. The molecule has 1 saturated carbocycles. The predicted octanol–water partition coefficient (Wildman–Crippen LogP) is 3.48. The van der Waals surface area contributed by atoms with Gasteiger partial charge >= 0.3 is 0 Å². The molecule has 0 amide bonds. The van der Waals surface area contributed by atoms with Crippen molar-refractivity contribution in [2.24, 2.45) is 5.92 Å². The molecule has 3 nitrogen and oxygen atoms in total. The van der Waals surface area contributed by atoms with Crippen LogP contribution < -0.4 is 10.1 Å². The largest absolute Gasteiger partial charge is 0.489 e. The number of para-hydroxylation sites is 1. The van der Waals surface area contributed by atoms with Gasteiger partial charge in [0.15, 0.2) is 11.5 Å². The van der Waals surface area contributed by atoms with Crippen LogP contribution in [0.15, 0.2) is 48.5 Å². The van der Waals surface area contributed by atoms with Gasteiger partial charge in [-0.1, -0.05) is 36.4 Å². The molecular weight excluding hydrogens is 262 g/mol. The average Bonchev–Trinajstić information content (AvgIpc) is 3.35. The van der Waals surface area contributed by atoms with Gasteiger partial charge in [0.1, 0.15) is 6.61 Å². The van der Waals surface area contributed by atoms with Crippen molar-refractivity contribution >= 4 is 11.5 Å². The second kappa shape index (κ2) is 4.92. The van der Waals surface area contributed by atoms with E-state index in [1.54, 1.807) is 0 Å². The van der Waals surface area contributed by atoms with Gasteiger partial charge in [-0.15, -0.1) is 0 Å². The Labute approximate surface area is 123 Å². The van der Waals surface area contributed by atoms with Gasteiger partial charge in [0.2, 0.25) is 0 Å². The molecule has 2 aliphatic rings. The van der Waals surface area contributed by atoms with E-state index < -0.39 is 0 Å². The second-order valence-corrected chi connectivity index (χ2v) is 5.68. The molecule has 106 valence electrons. The first-order chi connectivity index (χ1) is 10.3. The standard InChI is InChI=1S/C18H17NO2/c20-17(15-11-14(15)12-5-2-1-3-6-12)13-7-4-8-16-18(13)21-10-9-19-16/h1-8,14-15,19H,9-11H2. The molecule has 0 bridgehead atoms. The minimum atomic E-state index is 0.101. The number of Topliss-reactive ketones (excluding diaryl/α,β-unsaturated/α-hetero) is 1. The Morgan fingerprint density at radius 1 is 1.10 bits per heavy atom. The summed E-state index contributed by atoms with van der Waals surface area (Å²) >= 11 is 0. The molecule has 0 spiro atoms. The van der Waals surface area contributed by atoms with Crippen molar-refractivity contribution in [2.45, 2.75) is 12.3 Å². The van der Waals surface area contributed by atoms with E-state index in [2.05, 4.69) is 17.4 Å². The zero-order valence-electron chi connectivity index (χ0n) is 11.7. The van der Waals surface area contributed by atoms with Crippen molar-refractivity contribution in [2.75, 3.05) is 18.5 Å². The molecule has 4 rings (SSSR count). The molecule has 3 heteroatoms. The number of fused-ring (bicyclic) bond motifs is 1. The highest BCUT2D eigenvalue weighted by Crippen LogP contribution is 2.50. The molecule has 1 aliphatic heterocycles. The summed E-state index contributed by atoms with van der Waals surface area (Å²) in [5.74, 6) is 1.41. The Kier molecular flexibility index (Phi) is 2.92. The lowest BCUT2D eigenvalue weighted by atomic mass is 10.0. The van der Waals surface area contributed by atoms with Gasteiger partial charge in [-0.2, -0.15) is 0 Å². The van der Waals surface area contributed by atoms with Crippen molar-refractivity contribution in [1.29, 1.82) is 0 Å². The number of ketones is 1. The number of hydrogen-bond donors (Lipinski definition) is 1. The van der Waals surface area contributed by atoms with Crippen molar-refractivity contribution in [1.82, 2.24) is 0 Å². The fourth-order valence-corrected chi connectivity index (χ4v) is 3.12. The number of rotatable bonds is 3. The van der Waals surface area contributed by atoms with Gasteiger partial charge in [-0.25, -0.2) is 0 Å². The Hall–Kier alpha value is -2.29. The maximum atomic E-state index is 12.8. The highest BCUT2D eigenvalue weighted by atomic mass is 16.5. The number of ether oxygens (including phenoxy) is 1. The third kappa shape index (κ3) is 2.19. The van der Waals surface area contributed by atoms with Crippen LogP contribution in [-0.4, -0.2) is 18.9 Å². The summed E-state index contributed by atoms with van der Waals surface area (Å²) in [5, 5.41) is 3.28. The topological polar surface area (TPSA) is 38.3 Å². The van der Waals surface area contributed by atoms with Crippen LogP contribution in [0.25, 0.3) is 0 Å². The van der Waals surface area contributed by atoms with Crippen LogP contribution in [0, 0.1) is 5.92 Å². The smallest absolute Gasteiger partial charge is 0.170 e. The van der Waals surface area contributed by atoms with Gasteiger partial charge < -0.3 is 10.1 Å². The first kappa shape index (κ1) is 12.5. The number of anilines is 1. The number of carbonyl (C=O) groups excluding carboxylic acids is 1. The van der Waals surface area contributed by atoms with E-state index >= 15 is 0 Å². The van der Waals surface area contributed by atoms with Gasteiger partial charge in [0.25, 0.3) is 0 Å². The van der Waals surface area contributed by atoms with Crippen LogP contribution in [0.4, 0.5) is 5.69 Å². The minimum absolute atomic E-state index is 0.101. The second-order valence-electron chi connectivity index (χ2n) is 5.68.